The van der Waals surface area contributed by atoms with E-state index in [9.17, 15) is 4.79 Å². The molecule has 3 aromatic rings. The minimum Gasteiger partial charge on any atom is -0.496 e. The maximum Gasteiger partial charge on any atom is 0.335 e. The van der Waals surface area contributed by atoms with Crippen molar-refractivity contribution in [3.05, 3.63) is 94.4 Å². The van der Waals surface area contributed by atoms with E-state index < -0.39 is 0 Å². The van der Waals surface area contributed by atoms with Gasteiger partial charge >= 0.3 is 5.97 Å². The normalized spacial score (nSPS) is 34.0. The van der Waals surface area contributed by atoms with Crippen molar-refractivity contribution in [3.63, 3.8) is 0 Å². The lowest BCUT2D eigenvalue weighted by Gasteiger charge is -2.55. The van der Waals surface area contributed by atoms with Crippen molar-refractivity contribution in [2.75, 3.05) is 45.7 Å². The highest BCUT2D eigenvalue weighted by Gasteiger charge is 2.66. The molecule has 2 aromatic carbocycles. The summed E-state index contributed by atoms with van der Waals surface area (Å²) in [6, 6.07) is 14.7. The van der Waals surface area contributed by atoms with Crippen LogP contribution in [-0.2, 0) is 21.4 Å². The quantitative estimate of drug-likeness (QED) is 0.238. The summed E-state index contributed by atoms with van der Waals surface area (Å²) in [6.07, 6.45) is 15.6. The Hall–Kier alpha value is -3.81. The summed E-state index contributed by atoms with van der Waals surface area (Å²) >= 11 is 0. The second-order valence-corrected chi connectivity index (χ2v) is 15.5. The van der Waals surface area contributed by atoms with E-state index in [2.05, 4.69) is 94.2 Å². The van der Waals surface area contributed by atoms with Gasteiger partial charge in [0, 0.05) is 82.7 Å². The van der Waals surface area contributed by atoms with Gasteiger partial charge in [-0.25, -0.2) is 4.79 Å². The van der Waals surface area contributed by atoms with E-state index >= 15 is 0 Å². The van der Waals surface area contributed by atoms with Crippen LogP contribution in [0.1, 0.15) is 80.4 Å². The topological polar surface area (TPSA) is 59.0 Å². The first kappa shape index (κ1) is 29.1. The van der Waals surface area contributed by atoms with Crippen molar-refractivity contribution in [2.45, 2.75) is 75.9 Å². The zero-order chi connectivity index (χ0) is 32.6. The average Bonchev–Trinajstić information content (AvgIpc) is 3.80. The van der Waals surface area contributed by atoms with E-state index in [1.54, 1.807) is 5.56 Å². The number of benzene rings is 2. The maximum absolute atomic E-state index is 13.6. The molecule has 0 bridgehead atoms. The van der Waals surface area contributed by atoms with E-state index in [1.165, 1.54) is 34.8 Å². The lowest BCUT2D eigenvalue weighted by molar-refractivity contribution is -0.137. The first-order valence-electron chi connectivity index (χ1n) is 18.2. The molecule has 6 atom stereocenters. The summed E-state index contributed by atoms with van der Waals surface area (Å²) in [7, 11) is 3.35. The highest BCUT2D eigenvalue weighted by atomic mass is 16.5. The van der Waals surface area contributed by atoms with Crippen LogP contribution >= 0.6 is 0 Å². The lowest BCUT2D eigenvalue weighted by Crippen LogP contribution is -2.58. The van der Waals surface area contributed by atoms with Gasteiger partial charge in [0.1, 0.15) is 5.75 Å². The SMILES string of the molecule is CC[C@]12C=CCN3CCc4c(n(c5ccccc45)[C@H](c4cc5c(cc4OC)NC4=C(C(=O)OC)C[C@]6(CC)C=CCN7CC[C@]45[C@H]76)C1)[C@H]32. The lowest BCUT2D eigenvalue weighted by atomic mass is 9.55. The number of carbonyl (C=O) groups excluding carboxylic acids is 1. The minimum atomic E-state index is -0.307. The van der Waals surface area contributed by atoms with Gasteiger partial charge in [-0.15, -0.1) is 0 Å². The molecule has 1 aromatic heterocycles. The summed E-state index contributed by atoms with van der Waals surface area (Å²) in [6.45, 7) is 8.80. The molecule has 6 aliphatic heterocycles. The summed E-state index contributed by atoms with van der Waals surface area (Å²) in [5.74, 6) is 0.716. The third-order valence-electron chi connectivity index (χ3n) is 14.0. The number of nitrogens with zero attached hydrogens (tertiary/aromatic N) is 3. The molecular formula is C41H46N4O3. The van der Waals surface area contributed by atoms with Crippen LogP contribution < -0.4 is 10.1 Å². The number of esters is 1. The zero-order valence-electron chi connectivity index (χ0n) is 28.6. The number of para-hydroxylation sites is 1. The zero-order valence-corrected chi connectivity index (χ0v) is 28.6. The van der Waals surface area contributed by atoms with Crippen LogP contribution in [0.2, 0.25) is 0 Å². The number of fused-ring (bicyclic) bond motifs is 4. The van der Waals surface area contributed by atoms with Crippen molar-refractivity contribution in [3.8, 4) is 5.75 Å². The van der Waals surface area contributed by atoms with Gasteiger partial charge in [0.15, 0.2) is 0 Å². The van der Waals surface area contributed by atoms with Crippen LogP contribution in [0.5, 0.6) is 5.75 Å². The smallest absolute Gasteiger partial charge is 0.335 e. The molecule has 1 spiro atoms. The Morgan fingerprint density at radius 2 is 1.79 bits per heavy atom. The van der Waals surface area contributed by atoms with Crippen LogP contribution in [0, 0.1) is 10.8 Å². The summed E-state index contributed by atoms with van der Waals surface area (Å²) in [4.78, 5) is 19.0. The number of aromatic nitrogens is 1. The maximum atomic E-state index is 13.6. The van der Waals surface area contributed by atoms with Crippen LogP contribution in [0.4, 0.5) is 5.69 Å². The second-order valence-electron chi connectivity index (χ2n) is 15.5. The molecule has 0 saturated carbocycles. The molecular weight excluding hydrogens is 596 g/mol. The Balaban J connectivity index is 1.24. The predicted molar refractivity (Wildman–Crippen MR) is 188 cm³/mol. The van der Waals surface area contributed by atoms with Crippen molar-refractivity contribution >= 4 is 22.6 Å². The molecule has 0 amide bonds. The fraction of sp³-hybridized carbons (Fsp3) is 0.488. The molecule has 1 fully saturated rings. The largest absolute Gasteiger partial charge is 0.496 e. The third kappa shape index (κ3) is 3.35. The van der Waals surface area contributed by atoms with E-state index in [0.29, 0.717) is 12.5 Å². The summed E-state index contributed by atoms with van der Waals surface area (Å²) < 4.78 is 14.6. The van der Waals surface area contributed by atoms with E-state index in [-0.39, 0.29) is 34.3 Å². The van der Waals surface area contributed by atoms with E-state index in [0.717, 1.165) is 81.0 Å². The number of hydrogen-bond acceptors (Lipinski definition) is 6. The molecule has 48 heavy (non-hydrogen) atoms. The number of hydrogen-bond donors (Lipinski definition) is 1. The average molecular weight is 643 g/mol. The van der Waals surface area contributed by atoms with Gasteiger partial charge in [0.25, 0.3) is 0 Å². The van der Waals surface area contributed by atoms with Gasteiger partial charge in [0.05, 0.1) is 37.3 Å². The molecule has 1 saturated heterocycles. The van der Waals surface area contributed by atoms with Gasteiger partial charge in [0.2, 0.25) is 0 Å². The number of methoxy groups -OCH3 is 2. The Bertz CT molecular complexity index is 2010. The number of nitrogens with one attached hydrogen (secondary N) is 1. The first-order valence-corrected chi connectivity index (χ1v) is 18.2. The third-order valence-corrected chi connectivity index (χ3v) is 14.0. The van der Waals surface area contributed by atoms with Gasteiger partial charge in [-0.3, -0.25) is 9.80 Å². The van der Waals surface area contributed by atoms with Crippen LogP contribution in [0.25, 0.3) is 10.9 Å². The fourth-order valence-electron chi connectivity index (χ4n) is 12.0. The van der Waals surface area contributed by atoms with Crippen molar-refractivity contribution in [1.29, 1.82) is 0 Å². The Labute approximate surface area is 283 Å². The summed E-state index contributed by atoms with van der Waals surface area (Å²) in [5.41, 5.74) is 9.56. The molecule has 7 nitrogen and oxygen atoms in total. The molecule has 7 heterocycles. The number of ether oxygens (including phenoxy) is 2. The van der Waals surface area contributed by atoms with E-state index in [4.69, 9.17) is 9.47 Å². The van der Waals surface area contributed by atoms with Gasteiger partial charge in [-0.2, -0.15) is 0 Å². The van der Waals surface area contributed by atoms with Gasteiger partial charge < -0.3 is 19.4 Å². The first-order chi connectivity index (χ1) is 23.4. The highest BCUT2D eigenvalue weighted by molar-refractivity contribution is 5.93. The van der Waals surface area contributed by atoms with Crippen LogP contribution in [0.3, 0.4) is 0 Å². The Morgan fingerprint density at radius 3 is 2.58 bits per heavy atom. The van der Waals surface area contributed by atoms with Crippen LogP contribution in [-0.4, -0.2) is 66.8 Å². The van der Waals surface area contributed by atoms with Crippen LogP contribution in [0.15, 0.2) is 72.0 Å². The van der Waals surface area contributed by atoms with Gasteiger partial charge in [-0.05, 0) is 61.8 Å². The standard InChI is InChI=1S/C41H46N4O3/c1-5-39-14-9-17-43-19-13-26-25-11-7-8-12-31(25)45(34(26)36(39)43)32(24-39)27-21-29-30(22-33(27)47-3)42-35-28(37(46)48-4)23-40(6-2)15-10-18-44-20-16-41(29,35)38(40)44/h7-12,14-15,21-22,32,36,38,42H,5-6,13,16-20,23-24H2,1-4H3/t32-,36-,38+,39-,40-,41+/m0/s1. The molecule has 7 aliphatic rings. The van der Waals surface area contributed by atoms with E-state index in [1.807, 2.05) is 7.11 Å². The molecule has 248 valence electrons. The molecule has 1 N–H and O–H groups in total. The monoisotopic (exact) mass is 642 g/mol. The predicted octanol–water partition coefficient (Wildman–Crippen LogP) is 7.04. The molecule has 1 aliphatic carbocycles. The molecule has 0 unspecified atom stereocenters. The Kier molecular flexibility index (Phi) is 6.00. The summed E-state index contributed by atoms with van der Waals surface area (Å²) in [5, 5.41) is 5.26. The Morgan fingerprint density at radius 1 is 1.00 bits per heavy atom. The molecule has 7 heteroatoms. The second kappa shape index (κ2) is 9.88. The molecule has 0 radical (unpaired) electrons. The van der Waals surface area contributed by atoms with Crippen molar-refractivity contribution < 1.29 is 14.3 Å². The van der Waals surface area contributed by atoms with Crippen molar-refractivity contribution in [1.82, 2.24) is 14.4 Å². The number of rotatable bonds is 5. The highest BCUT2D eigenvalue weighted by Crippen LogP contribution is 2.66. The number of carbonyl (C=O) groups is 1. The van der Waals surface area contributed by atoms with Gasteiger partial charge in [-0.1, -0.05) is 56.4 Å². The number of anilines is 1. The fourth-order valence-corrected chi connectivity index (χ4v) is 12.0. The molecule has 10 rings (SSSR count). The van der Waals surface area contributed by atoms with Crippen molar-refractivity contribution in [2.24, 2.45) is 10.8 Å². The minimum absolute atomic E-state index is 0.0483.